The van der Waals surface area contributed by atoms with E-state index in [1.807, 2.05) is 49.4 Å². The SMILES string of the molecule is CC(CN)COC(=O)CCC(=O)c1ccc(-c2ccccc2)cc1. The first kappa shape index (κ1) is 17.9. The van der Waals surface area contributed by atoms with Crippen LogP contribution in [0.15, 0.2) is 54.6 Å². The van der Waals surface area contributed by atoms with Gasteiger partial charge in [0.15, 0.2) is 5.78 Å². The number of carbonyl (C=O) groups excluding carboxylic acids is 2. The molecule has 1 unspecified atom stereocenters. The summed E-state index contributed by atoms with van der Waals surface area (Å²) in [6.45, 7) is 2.68. The fourth-order valence-corrected chi connectivity index (χ4v) is 2.21. The van der Waals surface area contributed by atoms with Crippen molar-refractivity contribution in [2.75, 3.05) is 13.2 Å². The number of rotatable bonds is 8. The van der Waals surface area contributed by atoms with Crippen molar-refractivity contribution in [3.8, 4) is 11.1 Å². The molecule has 126 valence electrons. The lowest BCUT2D eigenvalue weighted by Gasteiger charge is -2.09. The van der Waals surface area contributed by atoms with Gasteiger partial charge in [0.1, 0.15) is 0 Å². The molecule has 2 N–H and O–H groups in total. The number of carbonyl (C=O) groups is 2. The Bertz CT molecular complexity index is 665. The van der Waals surface area contributed by atoms with Crippen LogP contribution in [0.4, 0.5) is 0 Å². The fourth-order valence-electron chi connectivity index (χ4n) is 2.21. The molecule has 2 rings (SSSR count). The van der Waals surface area contributed by atoms with Gasteiger partial charge in [-0.1, -0.05) is 61.5 Å². The Morgan fingerprint density at radius 1 is 0.958 bits per heavy atom. The lowest BCUT2D eigenvalue weighted by molar-refractivity contribution is -0.144. The van der Waals surface area contributed by atoms with Crippen LogP contribution in [0, 0.1) is 5.92 Å². The van der Waals surface area contributed by atoms with Crippen molar-refractivity contribution in [1.82, 2.24) is 0 Å². The summed E-state index contributed by atoms with van der Waals surface area (Å²) in [5, 5.41) is 0. The van der Waals surface area contributed by atoms with Gasteiger partial charge in [0.25, 0.3) is 0 Å². The van der Waals surface area contributed by atoms with Crippen molar-refractivity contribution < 1.29 is 14.3 Å². The van der Waals surface area contributed by atoms with Crippen molar-refractivity contribution in [1.29, 1.82) is 0 Å². The molecule has 0 saturated heterocycles. The average molecular weight is 325 g/mol. The zero-order valence-electron chi connectivity index (χ0n) is 13.9. The van der Waals surface area contributed by atoms with Crippen molar-refractivity contribution in [2.24, 2.45) is 11.7 Å². The molecule has 0 aliphatic rings. The Balaban J connectivity index is 1.86. The van der Waals surface area contributed by atoms with Crippen molar-refractivity contribution in [3.05, 3.63) is 60.2 Å². The van der Waals surface area contributed by atoms with Gasteiger partial charge in [-0.05, 0) is 17.7 Å². The van der Waals surface area contributed by atoms with E-state index in [-0.39, 0.29) is 30.5 Å². The Morgan fingerprint density at radius 2 is 1.58 bits per heavy atom. The van der Waals surface area contributed by atoms with E-state index in [4.69, 9.17) is 10.5 Å². The number of hydrogen-bond donors (Lipinski definition) is 1. The molecule has 0 heterocycles. The molecule has 0 saturated carbocycles. The van der Waals surface area contributed by atoms with Gasteiger partial charge in [0.05, 0.1) is 13.0 Å². The molecule has 4 heteroatoms. The van der Waals surface area contributed by atoms with Gasteiger partial charge in [-0.25, -0.2) is 0 Å². The summed E-state index contributed by atoms with van der Waals surface area (Å²) in [6.07, 6.45) is 0.247. The van der Waals surface area contributed by atoms with Crippen LogP contribution in [-0.4, -0.2) is 24.9 Å². The highest BCUT2D eigenvalue weighted by Gasteiger charge is 2.11. The summed E-state index contributed by atoms with van der Waals surface area (Å²) in [6, 6.07) is 17.4. The van der Waals surface area contributed by atoms with E-state index in [0.29, 0.717) is 18.7 Å². The van der Waals surface area contributed by atoms with Crippen molar-refractivity contribution in [3.63, 3.8) is 0 Å². The molecule has 0 spiro atoms. The highest BCUT2D eigenvalue weighted by Crippen LogP contribution is 2.20. The second kappa shape index (κ2) is 8.99. The molecule has 2 aromatic carbocycles. The number of ketones is 1. The van der Waals surface area contributed by atoms with Gasteiger partial charge in [0.2, 0.25) is 0 Å². The predicted octanol–water partition coefficient (Wildman–Crippen LogP) is 3.45. The minimum absolute atomic E-state index is 0.0570. The molecule has 0 aliphatic carbocycles. The second-order valence-corrected chi connectivity index (χ2v) is 5.89. The molecule has 1 atom stereocenters. The third-order valence-electron chi connectivity index (χ3n) is 3.80. The molecule has 24 heavy (non-hydrogen) atoms. The summed E-state index contributed by atoms with van der Waals surface area (Å²) in [4.78, 5) is 23.8. The number of ether oxygens (including phenoxy) is 1. The summed E-state index contributed by atoms with van der Waals surface area (Å²) >= 11 is 0. The molecule has 2 aromatic rings. The van der Waals surface area contributed by atoms with Crippen molar-refractivity contribution in [2.45, 2.75) is 19.8 Å². The van der Waals surface area contributed by atoms with Gasteiger partial charge < -0.3 is 10.5 Å². The summed E-state index contributed by atoms with van der Waals surface area (Å²) in [7, 11) is 0. The Morgan fingerprint density at radius 3 is 2.21 bits per heavy atom. The molecular weight excluding hydrogens is 302 g/mol. The monoisotopic (exact) mass is 325 g/mol. The molecule has 0 aromatic heterocycles. The third-order valence-corrected chi connectivity index (χ3v) is 3.80. The number of nitrogens with two attached hydrogens (primary N) is 1. The number of Topliss-reactive ketones (excluding diaryl/α,β-unsaturated/α-hetero) is 1. The van der Waals surface area contributed by atoms with Crippen LogP contribution >= 0.6 is 0 Å². The van der Waals surface area contributed by atoms with Crippen LogP contribution in [0.1, 0.15) is 30.1 Å². The Hall–Kier alpha value is -2.46. The van der Waals surface area contributed by atoms with E-state index in [1.54, 1.807) is 12.1 Å². The molecular formula is C20H23NO3. The Kier molecular flexibility index (Phi) is 6.70. The first-order valence-electron chi connectivity index (χ1n) is 8.14. The highest BCUT2D eigenvalue weighted by atomic mass is 16.5. The summed E-state index contributed by atoms with van der Waals surface area (Å²) in [5.74, 6) is -0.279. The maximum absolute atomic E-state index is 12.2. The van der Waals surface area contributed by atoms with Crippen LogP contribution in [0.5, 0.6) is 0 Å². The van der Waals surface area contributed by atoms with Gasteiger partial charge in [-0.15, -0.1) is 0 Å². The molecule has 0 fully saturated rings. The van der Waals surface area contributed by atoms with Crippen molar-refractivity contribution >= 4 is 11.8 Å². The predicted molar refractivity (Wildman–Crippen MR) is 94.6 cm³/mol. The first-order valence-corrected chi connectivity index (χ1v) is 8.14. The van der Waals surface area contributed by atoms with Crippen LogP contribution in [0.3, 0.4) is 0 Å². The molecule has 0 aliphatic heterocycles. The zero-order valence-corrected chi connectivity index (χ0v) is 13.9. The second-order valence-electron chi connectivity index (χ2n) is 5.89. The van der Waals surface area contributed by atoms with Crippen LogP contribution < -0.4 is 5.73 Å². The minimum Gasteiger partial charge on any atom is -0.465 e. The van der Waals surface area contributed by atoms with Gasteiger partial charge in [0, 0.05) is 17.9 Å². The maximum atomic E-state index is 12.2. The van der Waals surface area contributed by atoms with E-state index >= 15 is 0 Å². The minimum atomic E-state index is -0.357. The summed E-state index contributed by atoms with van der Waals surface area (Å²) < 4.78 is 5.09. The molecule has 0 bridgehead atoms. The van der Waals surface area contributed by atoms with Gasteiger partial charge >= 0.3 is 5.97 Å². The van der Waals surface area contributed by atoms with Crippen LogP contribution in [0.25, 0.3) is 11.1 Å². The zero-order chi connectivity index (χ0) is 17.4. The number of benzene rings is 2. The van der Waals surface area contributed by atoms with E-state index in [2.05, 4.69) is 0 Å². The normalized spacial score (nSPS) is 11.8. The third kappa shape index (κ3) is 5.32. The number of esters is 1. The largest absolute Gasteiger partial charge is 0.465 e. The van der Waals surface area contributed by atoms with E-state index < -0.39 is 0 Å². The molecule has 4 nitrogen and oxygen atoms in total. The molecule has 0 amide bonds. The van der Waals surface area contributed by atoms with E-state index in [9.17, 15) is 9.59 Å². The fraction of sp³-hybridized carbons (Fsp3) is 0.300. The topological polar surface area (TPSA) is 69.4 Å². The highest BCUT2D eigenvalue weighted by molar-refractivity contribution is 5.97. The van der Waals surface area contributed by atoms with E-state index in [0.717, 1.165) is 11.1 Å². The lowest BCUT2D eigenvalue weighted by atomic mass is 10.0. The standard InChI is InChI=1S/C20H23NO3/c1-15(13-21)14-24-20(23)12-11-19(22)18-9-7-17(8-10-18)16-5-3-2-4-6-16/h2-10,15H,11-14,21H2,1H3. The molecule has 0 radical (unpaired) electrons. The van der Waals surface area contributed by atoms with Gasteiger partial charge in [-0.2, -0.15) is 0 Å². The Labute approximate surface area is 142 Å². The van der Waals surface area contributed by atoms with E-state index in [1.165, 1.54) is 0 Å². The van der Waals surface area contributed by atoms with Crippen LogP contribution in [-0.2, 0) is 9.53 Å². The maximum Gasteiger partial charge on any atom is 0.306 e. The smallest absolute Gasteiger partial charge is 0.306 e. The summed E-state index contributed by atoms with van der Waals surface area (Å²) in [5.41, 5.74) is 8.24. The van der Waals surface area contributed by atoms with Crippen LogP contribution in [0.2, 0.25) is 0 Å². The quantitative estimate of drug-likeness (QED) is 0.596. The average Bonchev–Trinajstić information content (AvgIpc) is 2.64. The lowest BCUT2D eigenvalue weighted by Crippen LogP contribution is -2.19. The van der Waals surface area contributed by atoms with Gasteiger partial charge in [-0.3, -0.25) is 9.59 Å². The number of hydrogen-bond acceptors (Lipinski definition) is 4. The first-order chi connectivity index (χ1) is 11.6.